The molecule has 2 heterocycles. The van der Waals surface area contributed by atoms with Gasteiger partial charge in [0, 0.05) is 13.1 Å². The van der Waals surface area contributed by atoms with Gasteiger partial charge >= 0.3 is 6.03 Å². The van der Waals surface area contributed by atoms with Crippen LogP contribution in [0.3, 0.4) is 0 Å². The highest BCUT2D eigenvalue weighted by Gasteiger charge is 2.58. The van der Waals surface area contributed by atoms with Gasteiger partial charge in [0.05, 0.1) is 29.7 Å². The topological polar surface area (TPSA) is 126 Å². The van der Waals surface area contributed by atoms with Crippen LogP contribution in [0.25, 0.3) is 6.08 Å². The first-order chi connectivity index (χ1) is 17.0. The van der Waals surface area contributed by atoms with Crippen molar-refractivity contribution in [3.8, 4) is 0 Å². The van der Waals surface area contributed by atoms with Gasteiger partial charge in [0.2, 0.25) is 17.8 Å². The van der Waals surface area contributed by atoms with Crippen LogP contribution in [-0.4, -0.2) is 54.0 Å². The van der Waals surface area contributed by atoms with Crippen LogP contribution >= 0.6 is 0 Å². The predicted octanol–water partition coefficient (Wildman–Crippen LogP) is 2.20. The lowest BCUT2D eigenvalue weighted by molar-refractivity contribution is -0.142. The molecule has 4 rings (SSSR count). The van der Waals surface area contributed by atoms with Crippen LogP contribution < -0.4 is 16.4 Å². The summed E-state index contributed by atoms with van der Waals surface area (Å²) in [6.45, 7) is 3.86. The number of para-hydroxylation sites is 1. The lowest BCUT2D eigenvalue weighted by atomic mass is 9.89. The van der Waals surface area contributed by atoms with Crippen molar-refractivity contribution < 1.29 is 19.1 Å². The van der Waals surface area contributed by atoms with Crippen molar-refractivity contribution in [2.75, 3.05) is 13.1 Å². The molecule has 4 amide bonds. The van der Waals surface area contributed by atoms with Gasteiger partial charge in [-0.15, -0.1) is 6.58 Å². The van der Waals surface area contributed by atoms with Gasteiger partial charge in [0.1, 0.15) is 0 Å². The van der Waals surface area contributed by atoms with Gasteiger partial charge in [-0.2, -0.15) is 0 Å². The predicted molar refractivity (Wildman–Crippen MR) is 132 cm³/mol. The Morgan fingerprint density at radius 1 is 1.03 bits per heavy atom. The number of carbonyl (C=O) groups excluding carboxylic acids is 3. The van der Waals surface area contributed by atoms with Gasteiger partial charge in [-0.3, -0.25) is 19.8 Å². The van der Waals surface area contributed by atoms with Gasteiger partial charge in [-0.05, 0) is 17.7 Å². The molecule has 35 heavy (non-hydrogen) atoms. The number of carbonyl (C=O) groups is 3. The van der Waals surface area contributed by atoms with Crippen LogP contribution in [0, 0.1) is 11.8 Å². The molecule has 0 aromatic heterocycles. The number of urea groups is 1. The maximum Gasteiger partial charge on any atom is 0.321 e. The number of fused-ring (bicyclic) bond motifs is 1. The molecule has 4 N–H and O–H groups in total. The number of likely N-dealkylation sites (tertiary alicyclic amines) is 1. The third kappa shape index (κ3) is 5.47. The Labute approximate surface area is 203 Å². The molecular formula is C26H27N5O4. The Balaban J connectivity index is 1.34. The van der Waals surface area contributed by atoms with Crippen LogP contribution in [0.15, 0.2) is 84.4 Å². The van der Waals surface area contributed by atoms with E-state index in [-0.39, 0.29) is 30.9 Å². The van der Waals surface area contributed by atoms with Gasteiger partial charge in [0.15, 0.2) is 0 Å². The lowest BCUT2D eigenvalue weighted by Crippen LogP contribution is -2.46. The Morgan fingerprint density at radius 2 is 1.66 bits per heavy atom. The van der Waals surface area contributed by atoms with E-state index < -0.39 is 30.1 Å². The van der Waals surface area contributed by atoms with Gasteiger partial charge in [-0.25, -0.2) is 9.79 Å². The quantitative estimate of drug-likeness (QED) is 0.246. The van der Waals surface area contributed by atoms with Crippen molar-refractivity contribution in [2.24, 2.45) is 22.6 Å². The van der Waals surface area contributed by atoms with Crippen LogP contribution in [0.4, 0.5) is 10.5 Å². The molecule has 0 bridgehead atoms. The standard InChI is InChI=1S/C26H27N5O4/c1-2-19-21-22(20(35-19)14-13-17-9-5-3-6-10-17)24(33)31(23(21)32)16-15-28-26(34)30-25(27)29-18-11-7-4-8-12-18/h2-14,19-22H,1,15-16H2,(H4,27,28,29,30,34)/b14-13+. The van der Waals surface area contributed by atoms with E-state index in [0.717, 1.165) is 5.56 Å². The Hall–Kier alpha value is -4.24. The van der Waals surface area contributed by atoms with E-state index in [1.165, 1.54) is 4.90 Å². The average Bonchev–Trinajstić information content (AvgIpc) is 3.35. The number of imide groups is 1. The van der Waals surface area contributed by atoms with E-state index >= 15 is 0 Å². The molecule has 9 nitrogen and oxygen atoms in total. The van der Waals surface area contributed by atoms with Crippen LogP contribution in [0.5, 0.6) is 0 Å². The average molecular weight is 474 g/mol. The summed E-state index contributed by atoms with van der Waals surface area (Å²) in [6.07, 6.45) is 4.14. The fraction of sp³-hybridized carbons (Fsp3) is 0.231. The molecule has 2 aromatic carbocycles. The second-order valence-electron chi connectivity index (χ2n) is 8.16. The zero-order valence-corrected chi connectivity index (χ0v) is 19.0. The van der Waals surface area contributed by atoms with Crippen LogP contribution in [-0.2, 0) is 14.3 Å². The van der Waals surface area contributed by atoms with Gasteiger partial charge < -0.3 is 15.8 Å². The molecule has 4 atom stereocenters. The molecule has 0 aliphatic carbocycles. The zero-order chi connectivity index (χ0) is 24.8. The molecule has 0 radical (unpaired) electrons. The molecule has 2 fully saturated rings. The highest BCUT2D eigenvalue weighted by molar-refractivity contribution is 6.06. The second-order valence-corrected chi connectivity index (χ2v) is 8.16. The van der Waals surface area contributed by atoms with Crippen molar-refractivity contribution in [2.45, 2.75) is 12.2 Å². The molecule has 0 spiro atoms. The summed E-state index contributed by atoms with van der Waals surface area (Å²) in [5, 5.41) is 5.01. The van der Waals surface area contributed by atoms with Crippen LogP contribution in [0.1, 0.15) is 5.56 Å². The number of nitrogens with two attached hydrogens (primary N) is 1. The SMILES string of the molecule is C=CC1OC(/C=C/c2ccccc2)C2C(=O)N(CCNC(=O)NC(N)=Nc3ccccc3)C(=O)C12. The molecule has 2 aliphatic heterocycles. The molecule has 9 heteroatoms. The molecule has 2 aromatic rings. The van der Waals surface area contributed by atoms with Crippen molar-refractivity contribution in [3.63, 3.8) is 0 Å². The van der Waals surface area contributed by atoms with E-state index in [0.29, 0.717) is 5.69 Å². The Bertz CT molecular complexity index is 1150. The summed E-state index contributed by atoms with van der Waals surface area (Å²) < 4.78 is 5.94. The maximum atomic E-state index is 13.1. The van der Waals surface area contributed by atoms with Crippen molar-refractivity contribution in [1.82, 2.24) is 15.5 Å². The molecule has 180 valence electrons. The summed E-state index contributed by atoms with van der Waals surface area (Å²) in [4.78, 5) is 43.6. The number of nitrogens with zero attached hydrogens (tertiary/aromatic N) is 2. The summed E-state index contributed by atoms with van der Waals surface area (Å²) in [6, 6.07) is 18.0. The third-order valence-electron chi connectivity index (χ3n) is 5.89. The summed E-state index contributed by atoms with van der Waals surface area (Å²) >= 11 is 0. The molecule has 0 saturated carbocycles. The molecule has 4 unspecified atom stereocenters. The Morgan fingerprint density at radius 3 is 2.31 bits per heavy atom. The smallest absolute Gasteiger partial charge is 0.321 e. The monoisotopic (exact) mass is 473 g/mol. The van der Waals surface area contributed by atoms with Gasteiger partial charge in [0.25, 0.3) is 0 Å². The van der Waals surface area contributed by atoms with E-state index in [1.807, 2.05) is 48.6 Å². The largest absolute Gasteiger partial charge is 0.369 e. The number of hydrogen-bond donors (Lipinski definition) is 3. The normalized spacial score (nSPS) is 24.0. The summed E-state index contributed by atoms with van der Waals surface area (Å²) in [7, 11) is 0. The van der Waals surface area contributed by atoms with Crippen molar-refractivity contribution in [3.05, 3.63) is 85.0 Å². The first kappa shape index (κ1) is 23.9. The fourth-order valence-corrected chi connectivity index (χ4v) is 4.29. The van der Waals surface area contributed by atoms with E-state index in [2.05, 4.69) is 22.2 Å². The van der Waals surface area contributed by atoms with E-state index in [4.69, 9.17) is 10.5 Å². The number of rotatable bonds is 7. The van der Waals surface area contributed by atoms with Gasteiger partial charge in [-0.1, -0.05) is 66.8 Å². The summed E-state index contributed by atoms with van der Waals surface area (Å²) in [5.74, 6) is -1.98. The minimum atomic E-state index is -0.632. The van der Waals surface area contributed by atoms with Crippen molar-refractivity contribution >= 4 is 35.6 Å². The van der Waals surface area contributed by atoms with E-state index in [1.54, 1.807) is 30.3 Å². The minimum Gasteiger partial charge on any atom is -0.369 e. The molecule has 2 aliphatic rings. The zero-order valence-electron chi connectivity index (χ0n) is 19.0. The Kier molecular flexibility index (Phi) is 7.37. The number of amides is 4. The fourth-order valence-electron chi connectivity index (χ4n) is 4.29. The number of hydrogen-bond acceptors (Lipinski definition) is 5. The minimum absolute atomic E-state index is 0.0345. The number of benzene rings is 2. The molecule has 2 saturated heterocycles. The first-order valence-corrected chi connectivity index (χ1v) is 11.3. The number of ether oxygens (including phenoxy) is 1. The summed E-state index contributed by atoms with van der Waals surface area (Å²) in [5.41, 5.74) is 7.32. The number of aliphatic imine (C=N–C) groups is 1. The van der Waals surface area contributed by atoms with Crippen molar-refractivity contribution in [1.29, 1.82) is 0 Å². The highest BCUT2D eigenvalue weighted by atomic mass is 16.5. The maximum absolute atomic E-state index is 13.1. The third-order valence-corrected chi connectivity index (χ3v) is 5.89. The first-order valence-electron chi connectivity index (χ1n) is 11.3. The highest BCUT2D eigenvalue weighted by Crippen LogP contribution is 2.41. The van der Waals surface area contributed by atoms with E-state index in [9.17, 15) is 14.4 Å². The number of nitrogens with one attached hydrogen (secondary N) is 2. The molecular weight excluding hydrogens is 446 g/mol. The number of guanidine groups is 1. The van der Waals surface area contributed by atoms with Crippen LogP contribution in [0.2, 0.25) is 0 Å². The lowest BCUT2D eigenvalue weighted by Gasteiger charge is -2.19. The second kappa shape index (κ2) is 10.8.